The number of benzene rings is 1. The van der Waals surface area contributed by atoms with Crippen LogP contribution in [0.5, 0.6) is 5.75 Å². The van der Waals surface area contributed by atoms with Crippen molar-refractivity contribution in [2.45, 2.75) is 6.61 Å². The lowest BCUT2D eigenvalue weighted by Gasteiger charge is -2.05. The fraction of sp³-hybridized carbons (Fsp3) is 0.143. The lowest BCUT2D eigenvalue weighted by molar-refractivity contribution is -0.386. The van der Waals surface area contributed by atoms with E-state index < -0.39 is 33.3 Å². The minimum Gasteiger partial charge on any atom is -0.434 e. The predicted octanol–water partition coefficient (Wildman–Crippen LogP) is 3.10. The minimum absolute atomic E-state index is 0.408. The van der Waals surface area contributed by atoms with E-state index in [2.05, 4.69) is 20.7 Å². The van der Waals surface area contributed by atoms with Crippen molar-refractivity contribution in [3.8, 4) is 5.75 Å². The van der Waals surface area contributed by atoms with Gasteiger partial charge in [0.1, 0.15) is 16.0 Å². The molecule has 0 aliphatic heterocycles. The predicted molar refractivity (Wildman–Crippen MR) is 47.4 cm³/mol. The number of hydrogen-bond donors (Lipinski definition) is 0. The molecule has 0 atom stereocenters. The molecule has 0 fully saturated rings. The Morgan fingerprint density at radius 2 is 2.07 bits per heavy atom. The number of nitro benzene ring substituents is 1. The van der Waals surface area contributed by atoms with Gasteiger partial charge in [-0.05, 0) is 15.9 Å². The molecule has 1 rings (SSSR count). The monoisotopic (exact) mass is 285 g/mol. The third-order valence-electron chi connectivity index (χ3n) is 1.40. The first-order chi connectivity index (χ1) is 6.91. The molecule has 0 aliphatic carbocycles. The third-order valence-corrected chi connectivity index (χ3v) is 2.19. The summed E-state index contributed by atoms with van der Waals surface area (Å²) < 4.78 is 39.9. The Labute approximate surface area is 89.9 Å². The summed E-state index contributed by atoms with van der Waals surface area (Å²) in [6.45, 7) is -3.16. The largest absolute Gasteiger partial charge is 0.434 e. The Balaban J connectivity index is 3.17. The molecule has 8 heteroatoms. The van der Waals surface area contributed by atoms with E-state index in [0.29, 0.717) is 12.1 Å². The summed E-state index contributed by atoms with van der Waals surface area (Å²) in [4.78, 5) is 9.47. The first-order valence-corrected chi connectivity index (χ1v) is 4.29. The van der Waals surface area contributed by atoms with Gasteiger partial charge in [0.15, 0.2) is 0 Å². The molecule has 1 aromatic carbocycles. The fourth-order valence-corrected chi connectivity index (χ4v) is 1.23. The summed E-state index contributed by atoms with van der Waals surface area (Å²) in [5.41, 5.74) is -0.675. The van der Waals surface area contributed by atoms with Crippen LogP contribution in [0.25, 0.3) is 0 Å². The first-order valence-electron chi connectivity index (χ1n) is 3.50. The molecule has 1 aromatic rings. The maximum absolute atomic E-state index is 13.0. The molecule has 0 heterocycles. The van der Waals surface area contributed by atoms with E-state index in [0.717, 1.165) is 0 Å². The summed E-state index contributed by atoms with van der Waals surface area (Å²) in [5, 5.41) is 10.4. The molecular formula is C7H3BrF3NO3. The van der Waals surface area contributed by atoms with E-state index in [1.54, 1.807) is 0 Å². The number of rotatable bonds is 3. The Hall–Kier alpha value is -1.31. The molecule has 15 heavy (non-hydrogen) atoms. The van der Waals surface area contributed by atoms with Gasteiger partial charge in [0.25, 0.3) is 5.69 Å². The molecule has 0 radical (unpaired) electrons. The van der Waals surface area contributed by atoms with E-state index in [4.69, 9.17) is 0 Å². The van der Waals surface area contributed by atoms with Crippen LogP contribution in [0.2, 0.25) is 0 Å². The zero-order valence-corrected chi connectivity index (χ0v) is 8.50. The zero-order chi connectivity index (χ0) is 11.6. The number of ether oxygens (including phenoxy) is 1. The molecule has 0 saturated carbocycles. The highest BCUT2D eigenvalue weighted by atomic mass is 79.9. The van der Waals surface area contributed by atoms with Crippen LogP contribution in [0.4, 0.5) is 18.9 Å². The Morgan fingerprint density at radius 1 is 1.47 bits per heavy atom. The molecule has 0 aromatic heterocycles. The van der Waals surface area contributed by atoms with E-state index in [-0.39, 0.29) is 0 Å². The summed E-state index contributed by atoms with van der Waals surface area (Å²) in [7, 11) is 0. The lowest BCUT2D eigenvalue weighted by atomic mass is 10.3. The maximum Gasteiger partial charge on any atom is 0.387 e. The van der Waals surface area contributed by atoms with Gasteiger partial charge in [-0.25, -0.2) is 4.39 Å². The molecule has 0 bridgehead atoms. The van der Waals surface area contributed by atoms with Gasteiger partial charge in [-0.3, -0.25) is 10.1 Å². The molecule has 4 nitrogen and oxygen atoms in total. The van der Waals surface area contributed by atoms with Crippen molar-refractivity contribution >= 4 is 21.6 Å². The van der Waals surface area contributed by atoms with Gasteiger partial charge in [-0.2, -0.15) is 8.78 Å². The van der Waals surface area contributed by atoms with Crippen molar-refractivity contribution in [3.63, 3.8) is 0 Å². The fourth-order valence-electron chi connectivity index (χ4n) is 0.854. The van der Waals surface area contributed by atoms with Gasteiger partial charge in [-0.15, -0.1) is 0 Å². The molecule has 0 unspecified atom stereocenters. The van der Waals surface area contributed by atoms with E-state index >= 15 is 0 Å². The van der Waals surface area contributed by atoms with Crippen molar-refractivity contribution in [2.24, 2.45) is 0 Å². The highest BCUT2D eigenvalue weighted by molar-refractivity contribution is 9.10. The van der Waals surface area contributed by atoms with Crippen molar-refractivity contribution in [1.29, 1.82) is 0 Å². The second-order valence-electron chi connectivity index (χ2n) is 2.37. The average molecular weight is 286 g/mol. The highest BCUT2D eigenvalue weighted by Crippen LogP contribution is 2.32. The lowest BCUT2D eigenvalue weighted by Crippen LogP contribution is -2.03. The normalized spacial score (nSPS) is 10.5. The van der Waals surface area contributed by atoms with Crippen LogP contribution in [0, 0.1) is 15.9 Å². The van der Waals surface area contributed by atoms with E-state index in [1.807, 2.05) is 0 Å². The van der Waals surface area contributed by atoms with Gasteiger partial charge in [-0.1, -0.05) is 0 Å². The Kier molecular flexibility index (Phi) is 3.51. The number of hydrogen-bond acceptors (Lipinski definition) is 3. The van der Waals surface area contributed by atoms with Crippen LogP contribution in [-0.4, -0.2) is 11.5 Å². The standard InChI is InChI=1S/C7H3BrF3NO3/c8-6-4(9)1-3(15-7(10)11)2-5(6)12(13)14/h1-2,7H. The van der Waals surface area contributed by atoms with Crippen LogP contribution in [0.15, 0.2) is 16.6 Å². The van der Waals surface area contributed by atoms with Crippen LogP contribution in [0.3, 0.4) is 0 Å². The first kappa shape index (κ1) is 11.8. The second-order valence-corrected chi connectivity index (χ2v) is 3.17. The van der Waals surface area contributed by atoms with E-state index in [9.17, 15) is 23.3 Å². The minimum atomic E-state index is -3.16. The van der Waals surface area contributed by atoms with Gasteiger partial charge in [0, 0.05) is 6.07 Å². The average Bonchev–Trinajstić information content (AvgIpc) is 2.09. The molecular weight excluding hydrogens is 283 g/mol. The van der Waals surface area contributed by atoms with Gasteiger partial charge in [0.05, 0.1) is 11.0 Å². The molecule has 0 spiro atoms. The van der Waals surface area contributed by atoms with Crippen LogP contribution < -0.4 is 4.74 Å². The summed E-state index contributed by atoms with van der Waals surface area (Å²) >= 11 is 2.62. The molecule has 0 saturated heterocycles. The highest BCUT2D eigenvalue weighted by Gasteiger charge is 2.19. The smallest absolute Gasteiger partial charge is 0.387 e. The summed E-state index contributed by atoms with van der Waals surface area (Å²) in [6.07, 6.45) is 0. The number of halogens is 4. The van der Waals surface area contributed by atoms with E-state index in [1.165, 1.54) is 0 Å². The molecule has 0 aliphatic rings. The van der Waals surface area contributed by atoms with Gasteiger partial charge in [0.2, 0.25) is 0 Å². The number of nitro groups is 1. The van der Waals surface area contributed by atoms with Crippen molar-refractivity contribution in [2.75, 3.05) is 0 Å². The van der Waals surface area contributed by atoms with Gasteiger partial charge >= 0.3 is 6.61 Å². The second kappa shape index (κ2) is 4.47. The topological polar surface area (TPSA) is 52.4 Å². The maximum atomic E-state index is 13.0. The Morgan fingerprint density at radius 3 is 2.53 bits per heavy atom. The summed E-state index contributed by atoms with van der Waals surface area (Å²) in [5.74, 6) is -1.64. The zero-order valence-electron chi connectivity index (χ0n) is 6.92. The summed E-state index contributed by atoms with van der Waals surface area (Å²) in [6, 6.07) is 1.34. The SMILES string of the molecule is O=[N+]([O-])c1cc(OC(F)F)cc(F)c1Br. The number of alkyl halides is 2. The van der Waals surface area contributed by atoms with Crippen LogP contribution >= 0.6 is 15.9 Å². The van der Waals surface area contributed by atoms with Crippen molar-refractivity contribution in [3.05, 3.63) is 32.5 Å². The number of nitrogens with zero attached hydrogens (tertiary/aromatic N) is 1. The van der Waals surface area contributed by atoms with Crippen molar-refractivity contribution < 1.29 is 22.8 Å². The van der Waals surface area contributed by atoms with Gasteiger partial charge < -0.3 is 4.74 Å². The van der Waals surface area contributed by atoms with Crippen molar-refractivity contribution in [1.82, 2.24) is 0 Å². The quantitative estimate of drug-likeness (QED) is 0.633. The van der Waals surface area contributed by atoms with Crippen LogP contribution in [0.1, 0.15) is 0 Å². The molecule has 0 N–H and O–H groups in total. The Bertz CT molecular complexity index is 399. The van der Waals surface area contributed by atoms with Crippen LogP contribution in [-0.2, 0) is 0 Å². The molecule has 0 amide bonds. The molecule has 82 valence electrons. The third kappa shape index (κ3) is 2.82.